The topological polar surface area (TPSA) is 95.5 Å². The van der Waals surface area contributed by atoms with Gasteiger partial charge in [-0.3, -0.25) is 4.21 Å². The molecule has 0 bridgehead atoms. The Bertz CT molecular complexity index is 578. The number of hydrogen-bond donors (Lipinski definition) is 3. The summed E-state index contributed by atoms with van der Waals surface area (Å²) < 4.78 is 11.3. The smallest absolute Gasteiger partial charge is 0.336 e. The maximum absolute atomic E-state index is 12.0. The third-order valence-corrected chi connectivity index (χ3v) is 4.92. The summed E-state index contributed by atoms with van der Waals surface area (Å²) in [6, 6.07) is 4.41. The molecular formula is C14H18N2O4S. The number of carbonyl (C=O) groups excluding carboxylic acids is 1. The van der Waals surface area contributed by atoms with Crippen LogP contribution in [0.5, 0.6) is 0 Å². The molecule has 6 nitrogen and oxygen atoms in total. The lowest BCUT2D eigenvalue weighted by Gasteiger charge is -2.23. The molecule has 1 fully saturated rings. The first-order valence-corrected chi connectivity index (χ1v) is 8.21. The minimum absolute atomic E-state index is 0.0191. The second-order valence-corrected chi connectivity index (χ2v) is 6.70. The van der Waals surface area contributed by atoms with Gasteiger partial charge in [-0.2, -0.15) is 0 Å². The van der Waals surface area contributed by atoms with Gasteiger partial charge < -0.3 is 15.7 Å². The van der Waals surface area contributed by atoms with E-state index < -0.39 is 16.8 Å². The van der Waals surface area contributed by atoms with Gasteiger partial charge in [0.05, 0.1) is 5.56 Å². The summed E-state index contributed by atoms with van der Waals surface area (Å²) in [5, 5.41) is 14.6. The molecular weight excluding hydrogens is 292 g/mol. The molecule has 1 aromatic carbocycles. The summed E-state index contributed by atoms with van der Waals surface area (Å²) in [4.78, 5) is 23.0. The van der Waals surface area contributed by atoms with E-state index in [2.05, 4.69) is 10.6 Å². The minimum Gasteiger partial charge on any atom is -0.478 e. The average Bonchev–Trinajstić information content (AvgIpc) is 2.43. The third-order valence-electron chi connectivity index (χ3n) is 3.54. The SMILES string of the molecule is Cc1c(NC(=O)NC2CCS(=O)CC2)cccc1C(=O)O. The van der Waals surface area contributed by atoms with Crippen LogP contribution < -0.4 is 10.6 Å². The van der Waals surface area contributed by atoms with E-state index in [1.165, 1.54) is 6.07 Å². The van der Waals surface area contributed by atoms with Crippen LogP contribution in [0.4, 0.5) is 10.5 Å². The summed E-state index contributed by atoms with van der Waals surface area (Å²) >= 11 is 0. The molecule has 0 radical (unpaired) electrons. The van der Waals surface area contributed by atoms with Gasteiger partial charge in [0.2, 0.25) is 0 Å². The summed E-state index contributed by atoms with van der Waals surface area (Å²) in [6.07, 6.45) is 1.41. The molecule has 7 heteroatoms. The number of aromatic carboxylic acids is 1. The van der Waals surface area contributed by atoms with Crippen molar-refractivity contribution in [2.24, 2.45) is 0 Å². The largest absolute Gasteiger partial charge is 0.478 e. The first kappa shape index (κ1) is 15.5. The van der Waals surface area contributed by atoms with E-state index in [1.807, 2.05) is 0 Å². The summed E-state index contributed by atoms with van der Waals surface area (Å²) in [5.74, 6) is 0.197. The van der Waals surface area contributed by atoms with Crippen molar-refractivity contribution in [3.8, 4) is 0 Å². The Balaban J connectivity index is 1.98. The standard InChI is InChI=1S/C14H18N2O4S/c1-9-11(13(17)18)3-2-4-12(9)16-14(19)15-10-5-7-21(20)8-6-10/h2-4,10H,5-8H2,1H3,(H,17,18)(H2,15,16,19). The summed E-state index contributed by atoms with van der Waals surface area (Å²) in [5.41, 5.74) is 1.16. The van der Waals surface area contributed by atoms with Gasteiger partial charge in [0.1, 0.15) is 0 Å². The van der Waals surface area contributed by atoms with Crippen molar-refractivity contribution in [3.63, 3.8) is 0 Å². The van der Waals surface area contributed by atoms with Crippen LogP contribution in [-0.4, -0.2) is 38.9 Å². The maximum Gasteiger partial charge on any atom is 0.336 e. The van der Waals surface area contributed by atoms with Gasteiger partial charge >= 0.3 is 12.0 Å². The van der Waals surface area contributed by atoms with Crippen LogP contribution in [0.3, 0.4) is 0 Å². The molecule has 2 rings (SSSR count). The van der Waals surface area contributed by atoms with Crippen LogP contribution in [0.1, 0.15) is 28.8 Å². The predicted octanol–water partition coefficient (Wildman–Crippen LogP) is 1.73. The van der Waals surface area contributed by atoms with Crippen LogP contribution in [0, 0.1) is 6.92 Å². The summed E-state index contributed by atoms with van der Waals surface area (Å²) in [6.45, 7) is 1.66. The predicted molar refractivity (Wildman–Crippen MR) is 81.2 cm³/mol. The molecule has 21 heavy (non-hydrogen) atoms. The molecule has 0 aromatic heterocycles. The molecule has 1 aliphatic rings. The van der Waals surface area contributed by atoms with Crippen molar-refractivity contribution in [1.82, 2.24) is 5.32 Å². The van der Waals surface area contributed by atoms with E-state index >= 15 is 0 Å². The molecule has 1 aromatic rings. The van der Waals surface area contributed by atoms with Crippen LogP contribution in [0.15, 0.2) is 18.2 Å². The first-order valence-electron chi connectivity index (χ1n) is 6.73. The zero-order valence-corrected chi connectivity index (χ0v) is 12.5. The highest BCUT2D eigenvalue weighted by atomic mass is 32.2. The van der Waals surface area contributed by atoms with Gasteiger partial charge in [-0.1, -0.05) is 6.07 Å². The third kappa shape index (κ3) is 4.04. The second-order valence-electron chi connectivity index (χ2n) is 5.00. The molecule has 1 aliphatic heterocycles. The molecule has 2 amide bonds. The molecule has 0 aliphatic carbocycles. The van der Waals surface area contributed by atoms with Crippen molar-refractivity contribution < 1.29 is 18.9 Å². The Morgan fingerprint density at radius 2 is 1.95 bits per heavy atom. The molecule has 0 spiro atoms. The molecule has 0 atom stereocenters. The molecule has 1 heterocycles. The number of carboxylic acid groups (broad SMARTS) is 1. The van der Waals surface area contributed by atoms with E-state index in [0.717, 1.165) is 0 Å². The van der Waals surface area contributed by atoms with E-state index in [4.69, 9.17) is 5.11 Å². The molecule has 3 N–H and O–H groups in total. The number of anilines is 1. The molecule has 114 valence electrons. The number of rotatable bonds is 3. The van der Waals surface area contributed by atoms with E-state index in [1.54, 1.807) is 19.1 Å². The normalized spacial score (nSPS) is 21.6. The number of carbonyl (C=O) groups is 2. The van der Waals surface area contributed by atoms with E-state index in [9.17, 15) is 13.8 Å². The average molecular weight is 310 g/mol. The molecule has 0 saturated carbocycles. The van der Waals surface area contributed by atoms with Crippen LogP contribution in [-0.2, 0) is 10.8 Å². The summed E-state index contributed by atoms with van der Waals surface area (Å²) in [7, 11) is -0.763. The fourth-order valence-corrected chi connectivity index (χ4v) is 3.58. The lowest BCUT2D eigenvalue weighted by atomic mass is 10.1. The number of carboxylic acids is 1. The zero-order valence-electron chi connectivity index (χ0n) is 11.7. The van der Waals surface area contributed by atoms with Crippen LogP contribution in [0.25, 0.3) is 0 Å². The maximum atomic E-state index is 12.0. The van der Waals surface area contributed by atoms with Crippen LogP contribution >= 0.6 is 0 Å². The Morgan fingerprint density at radius 1 is 1.29 bits per heavy atom. The number of amides is 2. The van der Waals surface area contributed by atoms with Gasteiger partial charge in [-0.15, -0.1) is 0 Å². The van der Waals surface area contributed by atoms with E-state index in [-0.39, 0.29) is 17.6 Å². The van der Waals surface area contributed by atoms with Gasteiger partial charge in [0.25, 0.3) is 0 Å². The van der Waals surface area contributed by atoms with Crippen molar-refractivity contribution in [1.29, 1.82) is 0 Å². The lowest BCUT2D eigenvalue weighted by molar-refractivity contribution is 0.0696. The Hall–Kier alpha value is -1.89. The second kappa shape index (κ2) is 6.71. The van der Waals surface area contributed by atoms with Gasteiger partial charge in [-0.05, 0) is 37.5 Å². The quantitative estimate of drug-likeness (QED) is 0.792. The monoisotopic (exact) mass is 310 g/mol. The fourth-order valence-electron chi connectivity index (χ4n) is 2.28. The lowest BCUT2D eigenvalue weighted by Crippen LogP contribution is -2.41. The number of urea groups is 1. The highest BCUT2D eigenvalue weighted by Crippen LogP contribution is 2.19. The van der Waals surface area contributed by atoms with Gasteiger partial charge in [0, 0.05) is 34.0 Å². The van der Waals surface area contributed by atoms with Crippen LogP contribution in [0.2, 0.25) is 0 Å². The first-order chi connectivity index (χ1) is 9.97. The zero-order chi connectivity index (χ0) is 15.4. The number of benzene rings is 1. The van der Waals surface area contributed by atoms with Crippen molar-refractivity contribution in [2.45, 2.75) is 25.8 Å². The van der Waals surface area contributed by atoms with Gasteiger partial charge in [-0.25, -0.2) is 9.59 Å². The molecule has 0 unspecified atom stereocenters. The molecule has 1 saturated heterocycles. The Labute approximate surface area is 125 Å². The highest BCUT2D eigenvalue weighted by molar-refractivity contribution is 7.85. The minimum atomic E-state index is -1.02. The fraction of sp³-hybridized carbons (Fsp3) is 0.429. The van der Waals surface area contributed by atoms with Gasteiger partial charge in [0.15, 0.2) is 0 Å². The Kier molecular flexibility index (Phi) is 4.95. The Morgan fingerprint density at radius 3 is 2.57 bits per heavy atom. The van der Waals surface area contributed by atoms with Crippen molar-refractivity contribution in [2.75, 3.05) is 16.8 Å². The number of hydrogen-bond acceptors (Lipinski definition) is 3. The number of nitrogens with one attached hydrogen (secondary N) is 2. The van der Waals surface area contributed by atoms with Crippen molar-refractivity contribution in [3.05, 3.63) is 29.3 Å². The van der Waals surface area contributed by atoms with E-state index in [0.29, 0.717) is 35.6 Å². The van der Waals surface area contributed by atoms with Crippen molar-refractivity contribution >= 4 is 28.5 Å². The highest BCUT2D eigenvalue weighted by Gasteiger charge is 2.20.